The number of rotatable bonds is 5. The SMILES string of the molecule is CN(C)C(CNC(=O)Nc1cccs1)c1cn(C)c2ccccc12. The van der Waals surface area contributed by atoms with Gasteiger partial charge in [-0.2, -0.15) is 0 Å². The van der Waals surface area contributed by atoms with Crippen molar-refractivity contribution in [3.05, 3.63) is 53.5 Å². The predicted octanol–water partition coefficient (Wildman–Crippen LogP) is 3.66. The van der Waals surface area contributed by atoms with Gasteiger partial charge in [-0.05, 0) is 43.2 Å². The number of urea groups is 1. The molecule has 1 atom stereocenters. The monoisotopic (exact) mass is 342 g/mol. The summed E-state index contributed by atoms with van der Waals surface area (Å²) in [7, 11) is 6.12. The van der Waals surface area contributed by atoms with E-state index in [-0.39, 0.29) is 12.1 Å². The molecule has 3 aromatic rings. The van der Waals surface area contributed by atoms with Crippen molar-refractivity contribution in [3.8, 4) is 0 Å². The number of fused-ring (bicyclic) bond motifs is 1. The van der Waals surface area contributed by atoms with Crippen molar-refractivity contribution in [2.75, 3.05) is 26.0 Å². The van der Waals surface area contributed by atoms with Crippen molar-refractivity contribution in [3.63, 3.8) is 0 Å². The number of hydrogen-bond acceptors (Lipinski definition) is 3. The van der Waals surface area contributed by atoms with Gasteiger partial charge >= 0.3 is 6.03 Å². The molecule has 0 aliphatic carbocycles. The van der Waals surface area contributed by atoms with Gasteiger partial charge in [-0.1, -0.05) is 18.2 Å². The first-order chi connectivity index (χ1) is 11.6. The number of likely N-dealkylation sites (N-methyl/N-ethyl adjacent to an activating group) is 1. The Morgan fingerprint density at radius 1 is 1.25 bits per heavy atom. The Kier molecular flexibility index (Phi) is 4.87. The second kappa shape index (κ2) is 7.07. The van der Waals surface area contributed by atoms with E-state index < -0.39 is 0 Å². The van der Waals surface area contributed by atoms with E-state index in [9.17, 15) is 4.79 Å². The third kappa shape index (κ3) is 3.44. The van der Waals surface area contributed by atoms with E-state index in [1.165, 1.54) is 27.8 Å². The number of thiophene rings is 1. The molecule has 2 heterocycles. The van der Waals surface area contributed by atoms with Gasteiger partial charge in [0.25, 0.3) is 0 Å². The fraction of sp³-hybridized carbons (Fsp3) is 0.278. The third-order valence-electron chi connectivity index (χ3n) is 4.12. The van der Waals surface area contributed by atoms with Gasteiger partial charge in [0.1, 0.15) is 0 Å². The number of aryl methyl sites for hydroxylation is 1. The van der Waals surface area contributed by atoms with Crippen LogP contribution in [0, 0.1) is 0 Å². The summed E-state index contributed by atoms with van der Waals surface area (Å²) < 4.78 is 2.13. The normalized spacial score (nSPS) is 12.5. The first-order valence-electron chi connectivity index (χ1n) is 7.85. The summed E-state index contributed by atoms with van der Waals surface area (Å²) in [6, 6.07) is 12.1. The Balaban J connectivity index is 1.76. The highest BCUT2D eigenvalue weighted by atomic mass is 32.1. The van der Waals surface area contributed by atoms with Crippen LogP contribution >= 0.6 is 11.3 Å². The molecule has 2 amide bonds. The number of amides is 2. The van der Waals surface area contributed by atoms with Crippen molar-refractivity contribution in [2.45, 2.75) is 6.04 Å². The average Bonchev–Trinajstić information content (AvgIpc) is 3.17. The lowest BCUT2D eigenvalue weighted by Crippen LogP contribution is -2.36. The van der Waals surface area contributed by atoms with Gasteiger partial charge in [-0.15, -0.1) is 11.3 Å². The molecule has 126 valence electrons. The number of benzene rings is 1. The zero-order chi connectivity index (χ0) is 17.1. The van der Waals surface area contributed by atoms with Crippen molar-refractivity contribution >= 4 is 33.3 Å². The average molecular weight is 342 g/mol. The van der Waals surface area contributed by atoms with Crippen LogP contribution in [0.3, 0.4) is 0 Å². The van der Waals surface area contributed by atoms with Crippen molar-refractivity contribution < 1.29 is 4.79 Å². The third-order valence-corrected chi connectivity index (χ3v) is 4.91. The van der Waals surface area contributed by atoms with Crippen LogP contribution in [-0.4, -0.2) is 36.1 Å². The first-order valence-corrected chi connectivity index (χ1v) is 8.73. The van der Waals surface area contributed by atoms with E-state index in [2.05, 4.69) is 51.5 Å². The summed E-state index contributed by atoms with van der Waals surface area (Å²) in [6.45, 7) is 0.540. The molecular weight excluding hydrogens is 320 g/mol. The van der Waals surface area contributed by atoms with E-state index in [4.69, 9.17) is 0 Å². The minimum absolute atomic E-state index is 0.102. The topological polar surface area (TPSA) is 49.3 Å². The van der Waals surface area contributed by atoms with Crippen LogP contribution in [0.2, 0.25) is 0 Å². The van der Waals surface area contributed by atoms with Crippen molar-refractivity contribution in [1.29, 1.82) is 0 Å². The lowest BCUT2D eigenvalue weighted by Gasteiger charge is -2.24. The summed E-state index contributed by atoms with van der Waals surface area (Å²) >= 11 is 1.51. The van der Waals surface area contributed by atoms with E-state index >= 15 is 0 Å². The molecule has 1 unspecified atom stereocenters. The number of anilines is 1. The van der Waals surface area contributed by atoms with Crippen LogP contribution in [0.4, 0.5) is 9.80 Å². The summed E-state index contributed by atoms with van der Waals surface area (Å²) in [6.07, 6.45) is 2.15. The maximum Gasteiger partial charge on any atom is 0.319 e. The van der Waals surface area contributed by atoms with Crippen LogP contribution < -0.4 is 10.6 Å². The fourth-order valence-electron chi connectivity index (χ4n) is 2.90. The molecule has 1 aromatic carbocycles. The molecular formula is C18H22N4OS. The molecule has 0 saturated heterocycles. The van der Waals surface area contributed by atoms with Gasteiger partial charge in [0.05, 0.1) is 11.0 Å². The maximum absolute atomic E-state index is 12.1. The first kappa shape index (κ1) is 16.5. The maximum atomic E-state index is 12.1. The van der Waals surface area contributed by atoms with E-state index in [1.54, 1.807) is 0 Å². The molecule has 0 fully saturated rings. The molecule has 0 bridgehead atoms. The Morgan fingerprint density at radius 2 is 2.04 bits per heavy atom. The molecule has 0 aliphatic heterocycles. The molecule has 5 nitrogen and oxygen atoms in total. The van der Waals surface area contributed by atoms with E-state index in [0.29, 0.717) is 6.54 Å². The molecule has 0 saturated carbocycles. The molecule has 6 heteroatoms. The Morgan fingerprint density at radius 3 is 2.75 bits per heavy atom. The quantitative estimate of drug-likeness (QED) is 0.743. The van der Waals surface area contributed by atoms with E-state index in [1.807, 2.05) is 37.7 Å². The van der Waals surface area contributed by atoms with Crippen LogP contribution in [0.5, 0.6) is 0 Å². The lowest BCUT2D eigenvalue weighted by molar-refractivity contribution is 0.243. The van der Waals surface area contributed by atoms with Gasteiger partial charge in [0.2, 0.25) is 0 Å². The predicted molar refractivity (Wildman–Crippen MR) is 101 cm³/mol. The number of nitrogens with one attached hydrogen (secondary N) is 2. The number of carbonyl (C=O) groups is 1. The highest BCUT2D eigenvalue weighted by Crippen LogP contribution is 2.28. The van der Waals surface area contributed by atoms with Gasteiger partial charge in [-0.3, -0.25) is 5.32 Å². The molecule has 2 aromatic heterocycles. The summed E-state index contributed by atoms with van der Waals surface area (Å²) in [4.78, 5) is 14.2. The van der Waals surface area contributed by atoms with Crippen molar-refractivity contribution in [2.24, 2.45) is 7.05 Å². The zero-order valence-corrected chi connectivity index (χ0v) is 14.9. The van der Waals surface area contributed by atoms with Gasteiger partial charge in [0.15, 0.2) is 0 Å². The minimum atomic E-state index is -0.176. The van der Waals surface area contributed by atoms with E-state index in [0.717, 1.165) is 5.00 Å². The largest absolute Gasteiger partial charge is 0.350 e. The van der Waals surface area contributed by atoms with Gasteiger partial charge in [-0.25, -0.2) is 4.79 Å². The highest BCUT2D eigenvalue weighted by Gasteiger charge is 2.20. The zero-order valence-electron chi connectivity index (χ0n) is 14.1. The molecule has 24 heavy (non-hydrogen) atoms. The smallest absolute Gasteiger partial charge is 0.319 e. The second-order valence-electron chi connectivity index (χ2n) is 6.00. The van der Waals surface area contributed by atoms with Gasteiger partial charge in [0, 0.05) is 30.7 Å². The molecule has 0 aliphatic rings. The standard InChI is InChI=1S/C18H22N4OS/c1-21(2)16(11-19-18(23)20-17-9-6-10-24-17)14-12-22(3)15-8-5-4-7-13(14)15/h4-10,12,16H,11H2,1-3H3,(H2,19,20,23). The fourth-order valence-corrected chi connectivity index (χ4v) is 3.52. The number of carbonyl (C=O) groups excluding carboxylic acids is 1. The molecule has 3 rings (SSSR count). The summed E-state index contributed by atoms with van der Waals surface area (Å²) in [5.74, 6) is 0. The second-order valence-corrected chi connectivity index (χ2v) is 6.95. The van der Waals surface area contributed by atoms with Gasteiger partial charge < -0.3 is 14.8 Å². The number of aromatic nitrogens is 1. The minimum Gasteiger partial charge on any atom is -0.350 e. The number of para-hydroxylation sites is 1. The summed E-state index contributed by atoms with van der Waals surface area (Å²) in [5, 5.41) is 9.84. The van der Waals surface area contributed by atoms with Crippen LogP contribution in [-0.2, 0) is 7.05 Å². The van der Waals surface area contributed by atoms with Crippen LogP contribution in [0.1, 0.15) is 11.6 Å². The Hall–Kier alpha value is -2.31. The molecule has 0 spiro atoms. The Bertz CT molecular complexity index is 823. The molecule has 0 radical (unpaired) electrons. The summed E-state index contributed by atoms with van der Waals surface area (Å²) in [5.41, 5.74) is 2.41. The van der Waals surface area contributed by atoms with Crippen LogP contribution in [0.15, 0.2) is 48.0 Å². The van der Waals surface area contributed by atoms with Crippen LogP contribution in [0.25, 0.3) is 10.9 Å². The number of hydrogen-bond donors (Lipinski definition) is 2. The number of nitrogens with zero attached hydrogens (tertiary/aromatic N) is 2. The Labute approximate surface area is 145 Å². The molecule has 2 N–H and O–H groups in total. The highest BCUT2D eigenvalue weighted by molar-refractivity contribution is 7.14. The van der Waals surface area contributed by atoms with Crippen molar-refractivity contribution in [1.82, 2.24) is 14.8 Å². The lowest BCUT2D eigenvalue weighted by atomic mass is 10.0.